The number of ether oxygens (including phenoxy) is 1. The second-order valence-corrected chi connectivity index (χ2v) is 5.14. The van der Waals surface area contributed by atoms with Crippen LogP contribution in [-0.2, 0) is 6.54 Å². The van der Waals surface area contributed by atoms with Crippen LogP contribution in [-0.4, -0.2) is 11.0 Å². The number of nitrogens with one attached hydrogen (secondary N) is 1. The van der Waals surface area contributed by atoms with Gasteiger partial charge in [-0.1, -0.05) is 0 Å². The maximum absolute atomic E-state index is 12.9. The Balaban J connectivity index is 1.78. The molecule has 0 bridgehead atoms. The number of hydrogen-bond acceptors (Lipinski definition) is 3. The highest BCUT2D eigenvalue weighted by molar-refractivity contribution is 5.37. The molecule has 0 spiro atoms. The summed E-state index contributed by atoms with van der Waals surface area (Å²) in [6.07, 6.45) is 4.32. The van der Waals surface area contributed by atoms with E-state index in [0.29, 0.717) is 11.8 Å². The molecule has 20 heavy (non-hydrogen) atoms. The maximum atomic E-state index is 12.9. The second kappa shape index (κ2) is 5.59. The van der Waals surface area contributed by atoms with Gasteiger partial charge < -0.3 is 10.1 Å². The third-order valence-electron chi connectivity index (χ3n) is 3.28. The molecule has 4 heteroatoms. The topological polar surface area (TPSA) is 34.1 Å². The minimum Gasteiger partial charge on any atom is -0.457 e. The van der Waals surface area contributed by atoms with Gasteiger partial charge >= 0.3 is 0 Å². The molecule has 0 aliphatic heterocycles. The van der Waals surface area contributed by atoms with Crippen molar-refractivity contribution < 1.29 is 9.13 Å². The first-order chi connectivity index (χ1) is 9.70. The van der Waals surface area contributed by atoms with E-state index in [4.69, 9.17) is 4.74 Å². The smallest absolute Gasteiger partial charge is 0.135 e. The maximum Gasteiger partial charge on any atom is 0.135 e. The standard InChI is InChI=1S/C16H17FN2O/c1-11-8-16(20-15-6-2-13(17)3-7-15)12(9-18-11)10-19-14-4-5-14/h2-3,6-9,14,19H,4-5,10H2,1H3. The summed E-state index contributed by atoms with van der Waals surface area (Å²) in [5, 5.41) is 3.45. The van der Waals surface area contributed by atoms with Crippen LogP contribution in [0.4, 0.5) is 4.39 Å². The number of rotatable bonds is 5. The molecule has 0 amide bonds. The van der Waals surface area contributed by atoms with Crippen molar-refractivity contribution in [2.24, 2.45) is 0 Å². The monoisotopic (exact) mass is 272 g/mol. The minimum atomic E-state index is -0.265. The van der Waals surface area contributed by atoms with Crippen molar-refractivity contribution in [3.63, 3.8) is 0 Å². The third-order valence-corrected chi connectivity index (χ3v) is 3.28. The van der Waals surface area contributed by atoms with Gasteiger partial charge in [-0.05, 0) is 44.0 Å². The third kappa shape index (κ3) is 3.33. The van der Waals surface area contributed by atoms with Crippen molar-refractivity contribution in [1.82, 2.24) is 10.3 Å². The molecule has 0 atom stereocenters. The minimum absolute atomic E-state index is 0.265. The molecule has 1 aromatic heterocycles. The zero-order chi connectivity index (χ0) is 13.9. The molecule has 3 rings (SSSR count). The number of aromatic nitrogens is 1. The van der Waals surface area contributed by atoms with Gasteiger partial charge in [-0.3, -0.25) is 4.98 Å². The van der Waals surface area contributed by atoms with Crippen molar-refractivity contribution in [3.05, 3.63) is 53.6 Å². The highest BCUT2D eigenvalue weighted by Crippen LogP contribution is 2.27. The Bertz CT molecular complexity index is 594. The Kier molecular flexibility index (Phi) is 3.65. The fourth-order valence-corrected chi connectivity index (χ4v) is 1.96. The van der Waals surface area contributed by atoms with Crippen LogP contribution >= 0.6 is 0 Å². The molecule has 1 saturated carbocycles. The molecular formula is C16H17FN2O. The molecule has 0 radical (unpaired) electrons. The van der Waals surface area contributed by atoms with Crippen LogP contribution in [0.25, 0.3) is 0 Å². The Morgan fingerprint density at radius 1 is 1.30 bits per heavy atom. The molecule has 1 heterocycles. The number of hydrogen-bond donors (Lipinski definition) is 1. The van der Waals surface area contributed by atoms with E-state index < -0.39 is 0 Å². The average Bonchev–Trinajstić information content (AvgIpc) is 3.25. The van der Waals surface area contributed by atoms with Gasteiger partial charge in [0, 0.05) is 36.1 Å². The van der Waals surface area contributed by atoms with Gasteiger partial charge in [0.15, 0.2) is 0 Å². The molecule has 3 nitrogen and oxygen atoms in total. The lowest BCUT2D eigenvalue weighted by molar-refractivity contribution is 0.469. The van der Waals surface area contributed by atoms with Gasteiger partial charge in [0.2, 0.25) is 0 Å². The lowest BCUT2D eigenvalue weighted by Gasteiger charge is -2.12. The van der Waals surface area contributed by atoms with E-state index in [1.54, 1.807) is 12.1 Å². The zero-order valence-corrected chi connectivity index (χ0v) is 11.4. The van der Waals surface area contributed by atoms with Crippen LogP contribution in [0, 0.1) is 12.7 Å². The Hall–Kier alpha value is -1.94. The summed E-state index contributed by atoms with van der Waals surface area (Å²) < 4.78 is 18.8. The van der Waals surface area contributed by atoms with Crippen LogP contribution in [0.1, 0.15) is 24.1 Å². The van der Waals surface area contributed by atoms with Gasteiger partial charge in [-0.2, -0.15) is 0 Å². The summed E-state index contributed by atoms with van der Waals surface area (Å²) in [7, 11) is 0. The van der Waals surface area contributed by atoms with E-state index in [1.165, 1.54) is 25.0 Å². The number of halogens is 1. The second-order valence-electron chi connectivity index (χ2n) is 5.14. The van der Waals surface area contributed by atoms with E-state index in [9.17, 15) is 4.39 Å². The molecule has 1 aromatic carbocycles. The summed E-state index contributed by atoms with van der Waals surface area (Å²) in [5.74, 6) is 1.14. The van der Waals surface area contributed by atoms with Crippen molar-refractivity contribution in [2.45, 2.75) is 32.4 Å². The summed E-state index contributed by atoms with van der Waals surface area (Å²) in [5.41, 5.74) is 1.92. The number of benzene rings is 1. The SMILES string of the molecule is Cc1cc(Oc2ccc(F)cc2)c(CNC2CC2)cn1. The fourth-order valence-electron chi connectivity index (χ4n) is 1.96. The van der Waals surface area contributed by atoms with E-state index in [1.807, 2.05) is 19.2 Å². The average molecular weight is 272 g/mol. The molecule has 1 fully saturated rings. The van der Waals surface area contributed by atoms with E-state index in [2.05, 4.69) is 10.3 Å². The first-order valence-corrected chi connectivity index (χ1v) is 6.83. The molecule has 0 saturated heterocycles. The molecule has 1 aliphatic carbocycles. The van der Waals surface area contributed by atoms with Crippen molar-refractivity contribution in [1.29, 1.82) is 0 Å². The van der Waals surface area contributed by atoms with E-state index >= 15 is 0 Å². The van der Waals surface area contributed by atoms with Crippen molar-refractivity contribution >= 4 is 0 Å². The van der Waals surface area contributed by atoms with Gasteiger partial charge in [0.1, 0.15) is 17.3 Å². The van der Waals surface area contributed by atoms with E-state index in [-0.39, 0.29) is 5.82 Å². The highest BCUT2D eigenvalue weighted by Gasteiger charge is 2.20. The Morgan fingerprint density at radius 3 is 2.75 bits per heavy atom. The van der Waals surface area contributed by atoms with Gasteiger partial charge in [0.25, 0.3) is 0 Å². The lowest BCUT2D eigenvalue weighted by Crippen LogP contribution is -2.16. The molecule has 1 N–H and O–H groups in total. The van der Waals surface area contributed by atoms with Gasteiger partial charge in [0.05, 0.1) is 0 Å². The fraction of sp³-hybridized carbons (Fsp3) is 0.312. The molecule has 0 unspecified atom stereocenters. The van der Waals surface area contributed by atoms with Gasteiger partial charge in [-0.25, -0.2) is 4.39 Å². The summed E-state index contributed by atoms with van der Waals surface area (Å²) >= 11 is 0. The predicted molar refractivity (Wildman–Crippen MR) is 75.3 cm³/mol. The molecule has 104 valence electrons. The number of aryl methyl sites for hydroxylation is 1. The number of pyridine rings is 1. The predicted octanol–water partition coefficient (Wildman–Crippen LogP) is 3.57. The van der Waals surface area contributed by atoms with Crippen molar-refractivity contribution in [3.8, 4) is 11.5 Å². The molecular weight excluding hydrogens is 255 g/mol. The summed E-state index contributed by atoms with van der Waals surface area (Å²) in [4.78, 5) is 4.31. The zero-order valence-electron chi connectivity index (χ0n) is 11.4. The van der Waals surface area contributed by atoms with Crippen LogP contribution < -0.4 is 10.1 Å². The summed E-state index contributed by atoms with van der Waals surface area (Å²) in [6.45, 7) is 2.67. The normalized spacial score (nSPS) is 14.3. The Morgan fingerprint density at radius 2 is 2.05 bits per heavy atom. The van der Waals surface area contributed by atoms with Crippen LogP contribution in [0.2, 0.25) is 0 Å². The molecule has 1 aliphatic rings. The highest BCUT2D eigenvalue weighted by atomic mass is 19.1. The van der Waals surface area contributed by atoms with Gasteiger partial charge in [-0.15, -0.1) is 0 Å². The number of nitrogens with zero attached hydrogens (tertiary/aromatic N) is 1. The van der Waals surface area contributed by atoms with E-state index in [0.717, 1.165) is 23.6 Å². The molecule has 2 aromatic rings. The largest absolute Gasteiger partial charge is 0.457 e. The summed E-state index contributed by atoms with van der Waals surface area (Å²) in [6, 6.07) is 8.59. The quantitative estimate of drug-likeness (QED) is 0.903. The van der Waals surface area contributed by atoms with Crippen LogP contribution in [0.15, 0.2) is 36.5 Å². The van der Waals surface area contributed by atoms with Crippen LogP contribution in [0.3, 0.4) is 0 Å². The first kappa shape index (κ1) is 13.1. The lowest BCUT2D eigenvalue weighted by atomic mass is 10.2. The van der Waals surface area contributed by atoms with Crippen molar-refractivity contribution in [2.75, 3.05) is 0 Å². The first-order valence-electron chi connectivity index (χ1n) is 6.83. The Labute approximate surface area is 117 Å². The van der Waals surface area contributed by atoms with Crippen LogP contribution in [0.5, 0.6) is 11.5 Å².